The molecule has 0 fully saturated rings. The van der Waals surface area contributed by atoms with Crippen molar-refractivity contribution >= 4 is 98.8 Å². The van der Waals surface area contributed by atoms with Gasteiger partial charge in [0.25, 0.3) is 0 Å². The molecule has 0 bridgehead atoms. The Morgan fingerprint density at radius 1 is 0.292 bits per heavy atom. The molecule has 0 radical (unpaired) electrons. The lowest BCUT2D eigenvalue weighted by Crippen LogP contribution is -2.22. The zero-order chi connectivity index (χ0) is 43.2. The number of anilines is 6. The van der Waals surface area contributed by atoms with Gasteiger partial charge in [-0.1, -0.05) is 184 Å². The minimum atomic E-state index is -0.434. The molecule has 0 aliphatic heterocycles. The zero-order valence-electron chi connectivity index (χ0n) is 36.3. The molecule has 1 aliphatic rings. The fourth-order valence-electron chi connectivity index (χ4n) is 11.3. The highest BCUT2D eigenvalue weighted by atomic mass is 15.2. The Hall–Kier alpha value is -8.20. The average molecular weight is 829 g/mol. The smallest absolute Gasteiger partial charge is 0.0529 e. The minimum Gasteiger partial charge on any atom is -0.310 e. The van der Waals surface area contributed by atoms with Gasteiger partial charge in [-0.05, 0) is 148 Å². The normalized spacial score (nSPS) is 12.9. The van der Waals surface area contributed by atoms with Gasteiger partial charge in [0.15, 0.2) is 0 Å². The molecule has 0 heterocycles. The van der Waals surface area contributed by atoms with Crippen LogP contribution in [-0.4, -0.2) is 0 Å². The first kappa shape index (κ1) is 37.4. The third kappa shape index (κ3) is 5.67. The van der Waals surface area contributed by atoms with Gasteiger partial charge in [0.1, 0.15) is 0 Å². The van der Waals surface area contributed by atoms with E-state index >= 15 is 0 Å². The van der Waals surface area contributed by atoms with Crippen LogP contribution >= 0.6 is 0 Å². The van der Waals surface area contributed by atoms with E-state index in [0.29, 0.717) is 0 Å². The summed E-state index contributed by atoms with van der Waals surface area (Å²) in [6.45, 7) is 4.95. The summed E-state index contributed by atoms with van der Waals surface area (Å²) in [5.41, 5.74) is 11.5. The van der Waals surface area contributed by atoms with Gasteiger partial charge < -0.3 is 9.80 Å². The van der Waals surface area contributed by atoms with Crippen molar-refractivity contribution in [2.24, 2.45) is 0 Å². The molecular formula is C63H44N2. The predicted octanol–water partition coefficient (Wildman–Crippen LogP) is 17.9. The highest BCUT2D eigenvalue weighted by molar-refractivity contribution is 6.35. The van der Waals surface area contributed by atoms with E-state index < -0.39 is 5.41 Å². The van der Waals surface area contributed by atoms with Gasteiger partial charge in [0, 0.05) is 33.9 Å². The second kappa shape index (κ2) is 14.4. The lowest BCUT2D eigenvalue weighted by molar-refractivity contribution is 0.667. The number of benzene rings is 12. The quantitative estimate of drug-likeness (QED) is 0.154. The molecule has 306 valence electrons. The van der Waals surface area contributed by atoms with Gasteiger partial charge in [-0.15, -0.1) is 0 Å². The van der Waals surface area contributed by atoms with E-state index in [0.717, 1.165) is 34.1 Å². The summed E-state index contributed by atoms with van der Waals surface area (Å²) in [6, 6.07) is 85.2. The van der Waals surface area contributed by atoms with Gasteiger partial charge >= 0.3 is 0 Å². The molecule has 13 rings (SSSR count). The highest BCUT2D eigenvalue weighted by Crippen LogP contribution is 2.61. The Morgan fingerprint density at radius 3 is 1.29 bits per heavy atom. The number of hydrogen-bond donors (Lipinski definition) is 0. The molecule has 12 aromatic carbocycles. The van der Waals surface area contributed by atoms with Crippen molar-refractivity contribution in [2.45, 2.75) is 19.3 Å². The van der Waals surface area contributed by atoms with E-state index in [1.54, 1.807) is 0 Å². The summed E-state index contributed by atoms with van der Waals surface area (Å²) in [7, 11) is 0. The van der Waals surface area contributed by atoms with Crippen LogP contribution in [0.5, 0.6) is 0 Å². The van der Waals surface area contributed by atoms with Crippen LogP contribution < -0.4 is 9.80 Å². The summed E-state index contributed by atoms with van der Waals surface area (Å²) >= 11 is 0. The molecule has 0 saturated carbocycles. The number of para-hydroxylation sites is 2. The molecule has 0 saturated heterocycles. The van der Waals surface area contributed by atoms with Crippen LogP contribution in [0, 0.1) is 0 Å². The molecule has 2 heteroatoms. The second-order valence-electron chi connectivity index (χ2n) is 18.1. The Morgan fingerprint density at radius 2 is 0.723 bits per heavy atom. The molecule has 12 aromatic rings. The van der Waals surface area contributed by atoms with Crippen molar-refractivity contribution < 1.29 is 0 Å². The van der Waals surface area contributed by atoms with Gasteiger partial charge in [-0.3, -0.25) is 0 Å². The minimum absolute atomic E-state index is 0.434. The molecule has 0 atom stereocenters. The standard InChI is InChI=1S/C63H44N2/c1-63(2)61-56(59-55-32-18-17-31-54(55)58-52-29-15-13-27-50(52)51-28-14-16-30-53(51)60(58)62(59)63)39-49(64(45-23-5-3-6-24-45)47-35-33-41-19-9-11-21-43(41)37-47)40-57(61)65(46-25-7-4-8-26-46)48-36-34-42-20-10-12-22-44(42)38-48/h3-40H,1-2H3. The number of fused-ring (bicyclic) bond motifs is 15. The molecule has 65 heavy (non-hydrogen) atoms. The van der Waals surface area contributed by atoms with E-state index in [1.165, 1.54) is 86.9 Å². The Balaban J connectivity index is 1.21. The maximum atomic E-state index is 2.52. The molecule has 0 spiro atoms. The van der Waals surface area contributed by atoms with Gasteiger partial charge in [0.05, 0.1) is 5.69 Å². The first-order valence-corrected chi connectivity index (χ1v) is 22.7. The summed E-state index contributed by atoms with van der Waals surface area (Å²) in [5.74, 6) is 0. The SMILES string of the molecule is CC1(C)c2c(cc(N(c3ccccc3)c3ccc4ccccc4c3)cc2N(c2ccccc2)c2ccc3ccccc3c2)-c2c1c1c3ccccc3c3ccccc3c1c1ccccc21. The van der Waals surface area contributed by atoms with Crippen molar-refractivity contribution in [3.8, 4) is 11.1 Å². The van der Waals surface area contributed by atoms with Crippen LogP contribution in [0.25, 0.3) is 75.8 Å². The average Bonchev–Trinajstić information content (AvgIpc) is 3.60. The topological polar surface area (TPSA) is 6.48 Å². The third-order valence-corrected chi connectivity index (χ3v) is 14.0. The highest BCUT2D eigenvalue weighted by Gasteiger charge is 2.43. The summed E-state index contributed by atoms with van der Waals surface area (Å²) in [4.78, 5) is 4.97. The van der Waals surface area contributed by atoms with Crippen molar-refractivity contribution in [1.29, 1.82) is 0 Å². The summed E-state index contributed by atoms with van der Waals surface area (Å²) in [6.07, 6.45) is 0. The molecule has 0 N–H and O–H groups in total. The zero-order valence-corrected chi connectivity index (χ0v) is 36.3. The molecular weight excluding hydrogens is 785 g/mol. The fraction of sp³-hybridized carbons (Fsp3) is 0.0476. The monoisotopic (exact) mass is 828 g/mol. The number of hydrogen-bond acceptors (Lipinski definition) is 2. The number of nitrogens with zero attached hydrogens (tertiary/aromatic N) is 2. The van der Waals surface area contributed by atoms with Crippen LogP contribution in [0.4, 0.5) is 34.1 Å². The van der Waals surface area contributed by atoms with Crippen LogP contribution in [0.3, 0.4) is 0 Å². The van der Waals surface area contributed by atoms with Crippen molar-refractivity contribution in [1.82, 2.24) is 0 Å². The largest absolute Gasteiger partial charge is 0.310 e. The van der Waals surface area contributed by atoms with Crippen molar-refractivity contribution in [3.63, 3.8) is 0 Å². The summed E-state index contributed by atoms with van der Waals surface area (Å²) < 4.78 is 0. The van der Waals surface area contributed by atoms with E-state index in [-0.39, 0.29) is 0 Å². The van der Waals surface area contributed by atoms with Crippen LogP contribution in [0.2, 0.25) is 0 Å². The number of rotatable bonds is 6. The van der Waals surface area contributed by atoms with Gasteiger partial charge in [-0.25, -0.2) is 0 Å². The van der Waals surface area contributed by atoms with Crippen molar-refractivity contribution in [2.75, 3.05) is 9.80 Å². The van der Waals surface area contributed by atoms with E-state index in [9.17, 15) is 0 Å². The lowest BCUT2D eigenvalue weighted by Gasteiger charge is -2.34. The maximum absolute atomic E-state index is 2.52. The molecule has 2 nitrogen and oxygen atoms in total. The van der Waals surface area contributed by atoms with Gasteiger partial charge in [0.2, 0.25) is 0 Å². The third-order valence-electron chi connectivity index (χ3n) is 14.0. The van der Waals surface area contributed by atoms with Crippen LogP contribution in [0.1, 0.15) is 25.0 Å². The summed E-state index contributed by atoms with van der Waals surface area (Å²) in [5, 5.41) is 15.2. The first-order chi connectivity index (χ1) is 32.0. The lowest BCUT2D eigenvalue weighted by atomic mass is 9.76. The maximum Gasteiger partial charge on any atom is 0.0529 e. The molecule has 0 amide bonds. The Bertz CT molecular complexity index is 3870. The predicted molar refractivity (Wildman–Crippen MR) is 278 cm³/mol. The van der Waals surface area contributed by atoms with E-state index in [1.807, 2.05) is 0 Å². The van der Waals surface area contributed by atoms with E-state index in [4.69, 9.17) is 0 Å². The molecule has 1 aliphatic carbocycles. The second-order valence-corrected chi connectivity index (χ2v) is 18.1. The first-order valence-electron chi connectivity index (χ1n) is 22.7. The molecule has 0 unspecified atom stereocenters. The van der Waals surface area contributed by atoms with E-state index in [2.05, 4.69) is 254 Å². The van der Waals surface area contributed by atoms with Gasteiger partial charge in [-0.2, -0.15) is 0 Å². The molecule has 0 aromatic heterocycles. The Labute approximate surface area is 378 Å². The van der Waals surface area contributed by atoms with Crippen molar-refractivity contribution in [3.05, 3.63) is 242 Å². The Kier molecular flexibility index (Phi) is 8.29. The van der Waals surface area contributed by atoms with Crippen LogP contribution in [0.15, 0.2) is 231 Å². The fourth-order valence-corrected chi connectivity index (χ4v) is 11.3. The van der Waals surface area contributed by atoms with Crippen LogP contribution in [-0.2, 0) is 5.41 Å².